The van der Waals surface area contributed by atoms with Crippen LogP contribution in [0.1, 0.15) is 0 Å². The first-order chi connectivity index (χ1) is 6.36. The quantitative estimate of drug-likeness (QED) is 0.225. The van der Waals surface area contributed by atoms with Crippen LogP contribution in [0, 0.1) is 12.3 Å². The van der Waals surface area contributed by atoms with Gasteiger partial charge in [0.2, 0.25) is 0 Å². The second-order valence-electron chi connectivity index (χ2n) is 3.33. The Labute approximate surface area is 80.1 Å². The maximum Gasteiger partial charge on any atom is 0.182 e. The molecule has 1 aliphatic rings. The number of rotatable bonds is 0. The molecule has 1 fully saturated rings. The molecule has 0 bridgehead atoms. The van der Waals surface area contributed by atoms with Crippen LogP contribution in [0.25, 0.3) is 0 Å². The third kappa shape index (κ3) is 1.31. The number of terminal acetylenes is 1. The summed E-state index contributed by atoms with van der Waals surface area (Å²) in [5.74, 6) is 1.69. The molecular weight excluding hydrogens is 192 g/mol. The van der Waals surface area contributed by atoms with Gasteiger partial charge in [-0.2, -0.15) is 0 Å². The smallest absolute Gasteiger partial charge is 0.182 e. The predicted octanol–water partition coefficient (Wildman–Crippen LogP) is -3.83. The van der Waals surface area contributed by atoms with Crippen LogP contribution in [0.2, 0.25) is 0 Å². The highest BCUT2D eigenvalue weighted by Crippen LogP contribution is 2.29. The van der Waals surface area contributed by atoms with E-state index in [1.165, 1.54) is 0 Å². The zero-order valence-electron chi connectivity index (χ0n) is 7.15. The van der Waals surface area contributed by atoms with E-state index in [1.54, 1.807) is 5.92 Å². The van der Waals surface area contributed by atoms with Gasteiger partial charge in [0.15, 0.2) is 5.60 Å². The van der Waals surface area contributed by atoms with E-state index in [0.29, 0.717) is 0 Å². The molecule has 1 rings (SSSR count). The minimum absolute atomic E-state index is 1.69. The van der Waals surface area contributed by atoms with Crippen molar-refractivity contribution >= 4 is 0 Å². The number of hydrogen-bond donors (Lipinski definition) is 6. The molecule has 14 heavy (non-hydrogen) atoms. The van der Waals surface area contributed by atoms with Crippen molar-refractivity contribution in [3.8, 4) is 12.3 Å². The molecule has 0 unspecified atom stereocenters. The lowest BCUT2D eigenvalue weighted by Gasteiger charge is -2.44. The monoisotopic (exact) mass is 204 g/mol. The molecule has 0 radical (unpaired) electrons. The molecule has 6 nitrogen and oxygen atoms in total. The van der Waals surface area contributed by atoms with Gasteiger partial charge in [-0.05, 0) is 0 Å². The Kier molecular flexibility index (Phi) is 2.83. The summed E-state index contributed by atoms with van der Waals surface area (Å²) in [4.78, 5) is 0. The van der Waals surface area contributed by atoms with Crippen LogP contribution < -0.4 is 0 Å². The van der Waals surface area contributed by atoms with Gasteiger partial charge in [-0.1, -0.05) is 5.92 Å². The lowest BCUT2D eigenvalue weighted by atomic mass is 9.75. The van der Waals surface area contributed by atoms with Crippen LogP contribution >= 0.6 is 0 Å². The molecule has 0 aromatic carbocycles. The summed E-state index contributed by atoms with van der Waals surface area (Å²) in [5.41, 5.74) is -2.46. The third-order valence-corrected chi connectivity index (χ3v) is 2.48. The highest BCUT2D eigenvalue weighted by atomic mass is 16.4. The maximum atomic E-state index is 9.51. The van der Waals surface area contributed by atoms with Gasteiger partial charge in [0.1, 0.15) is 30.5 Å². The van der Waals surface area contributed by atoms with Crippen LogP contribution in [0.15, 0.2) is 0 Å². The van der Waals surface area contributed by atoms with Crippen molar-refractivity contribution in [3.63, 3.8) is 0 Å². The summed E-state index contributed by atoms with van der Waals surface area (Å²) in [6.45, 7) is 0. The van der Waals surface area contributed by atoms with Crippen molar-refractivity contribution < 1.29 is 30.6 Å². The van der Waals surface area contributed by atoms with Gasteiger partial charge >= 0.3 is 0 Å². The summed E-state index contributed by atoms with van der Waals surface area (Å²) in [6.07, 6.45) is -4.34. The molecule has 0 amide bonds. The van der Waals surface area contributed by atoms with Gasteiger partial charge in [-0.3, -0.25) is 0 Å². The topological polar surface area (TPSA) is 121 Å². The van der Waals surface area contributed by atoms with E-state index in [1.807, 2.05) is 0 Å². The SMILES string of the molecule is C#C[C@]1(O)[C@H](O)[C@H](O)[C@H](O)[C@@H](O)[C@@H]1O. The first kappa shape index (κ1) is 11.4. The van der Waals surface area contributed by atoms with Gasteiger partial charge in [0, 0.05) is 0 Å². The molecule has 0 saturated heterocycles. The Bertz CT molecular complexity index is 243. The molecule has 80 valence electrons. The highest BCUT2D eigenvalue weighted by Gasteiger charge is 2.56. The van der Waals surface area contributed by atoms with Crippen LogP contribution in [0.4, 0.5) is 0 Å². The van der Waals surface area contributed by atoms with Crippen molar-refractivity contribution in [2.45, 2.75) is 36.1 Å². The molecule has 1 aliphatic carbocycles. The molecule has 6 N–H and O–H groups in total. The standard InChI is InChI=1S/C8H12O6/c1-2-8(14)6(12)4(10)3(9)5(11)7(8)13/h1,3-7,9-14H/t3-,4-,5-,6+,7-,8-/m1/s1. The fraction of sp³-hybridized carbons (Fsp3) is 0.750. The van der Waals surface area contributed by atoms with E-state index >= 15 is 0 Å². The number of aliphatic hydroxyl groups excluding tert-OH is 5. The molecule has 0 aliphatic heterocycles. The third-order valence-electron chi connectivity index (χ3n) is 2.48. The molecular formula is C8H12O6. The number of hydrogen-bond acceptors (Lipinski definition) is 6. The zero-order valence-corrected chi connectivity index (χ0v) is 7.15. The minimum Gasteiger partial charge on any atom is -0.387 e. The van der Waals surface area contributed by atoms with E-state index in [-0.39, 0.29) is 0 Å². The van der Waals surface area contributed by atoms with E-state index in [2.05, 4.69) is 0 Å². The first-order valence-electron chi connectivity index (χ1n) is 3.96. The molecule has 0 spiro atoms. The zero-order chi connectivity index (χ0) is 11.1. The lowest BCUT2D eigenvalue weighted by Crippen LogP contribution is -2.70. The summed E-state index contributed by atoms with van der Waals surface area (Å²) in [7, 11) is 0. The second-order valence-corrected chi connectivity index (χ2v) is 3.33. The lowest BCUT2D eigenvalue weighted by molar-refractivity contribution is -0.247. The van der Waals surface area contributed by atoms with Gasteiger partial charge in [-0.15, -0.1) is 6.42 Å². The number of aliphatic hydroxyl groups is 6. The average molecular weight is 204 g/mol. The predicted molar refractivity (Wildman–Crippen MR) is 43.8 cm³/mol. The normalized spacial score (nSPS) is 53.9. The molecule has 1 saturated carbocycles. The van der Waals surface area contributed by atoms with Crippen molar-refractivity contribution in [2.24, 2.45) is 0 Å². The van der Waals surface area contributed by atoms with E-state index in [4.69, 9.17) is 11.5 Å². The fourth-order valence-electron chi connectivity index (χ4n) is 1.44. The molecule has 6 atom stereocenters. The average Bonchev–Trinajstić information content (AvgIpc) is 2.21. The molecule has 0 aromatic heterocycles. The Hall–Kier alpha value is -0.680. The first-order valence-corrected chi connectivity index (χ1v) is 3.96. The summed E-state index contributed by atoms with van der Waals surface area (Å²) >= 11 is 0. The minimum atomic E-state index is -2.46. The van der Waals surface area contributed by atoms with Crippen LogP contribution in [0.3, 0.4) is 0 Å². The van der Waals surface area contributed by atoms with Crippen molar-refractivity contribution in [1.29, 1.82) is 0 Å². The van der Waals surface area contributed by atoms with Gasteiger partial charge in [0.25, 0.3) is 0 Å². The molecule has 0 aromatic rings. The molecule has 0 heterocycles. The van der Waals surface area contributed by atoms with Crippen LogP contribution in [0.5, 0.6) is 0 Å². The van der Waals surface area contributed by atoms with Gasteiger partial charge < -0.3 is 30.6 Å². The van der Waals surface area contributed by atoms with Gasteiger partial charge in [0.05, 0.1) is 0 Å². The maximum absolute atomic E-state index is 9.51. The summed E-state index contributed by atoms with van der Waals surface area (Å²) in [6, 6.07) is 0. The molecule has 6 heteroatoms. The Morgan fingerprint density at radius 3 is 1.50 bits per heavy atom. The summed E-state index contributed by atoms with van der Waals surface area (Å²) in [5, 5.41) is 55.5. The van der Waals surface area contributed by atoms with Crippen molar-refractivity contribution in [3.05, 3.63) is 0 Å². The van der Waals surface area contributed by atoms with Crippen LogP contribution in [-0.4, -0.2) is 66.8 Å². The van der Waals surface area contributed by atoms with Crippen LogP contribution in [-0.2, 0) is 0 Å². The van der Waals surface area contributed by atoms with Crippen molar-refractivity contribution in [2.75, 3.05) is 0 Å². The summed E-state index contributed by atoms with van der Waals surface area (Å²) < 4.78 is 0. The second kappa shape index (κ2) is 3.47. The van der Waals surface area contributed by atoms with E-state index < -0.39 is 36.1 Å². The van der Waals surface area contributed by atoms with E-state index in [0.717, 1.165) is 0 Å². The Morgan fingerprint density at radius 1 is 0.857 bits per heavy atom. The largest absolute Gasteiger partial charge is 0.387 e. The van der Waals surface area contributed by atoms with Crippen molar-refractivity contribution in [1.82, 2.24) is 0 Å². The highest BCUT2D eigenvalue weighted by molar-refractivity contribution is 5.22. The van der Waals surface area contributed by atoms with Gasteiger partial charge in [-0.25, -0.2) is 0 Å². The van der Waals surface area contributed by atoms with E-state index in [9.17, 15) is 25.5 Å². The Morgan fingerprint density at radius 2 is 1.21 bits per heavy atom. The fourth-order valence-corrected chi connectivity index (χ4v) is 1.44. The Balaban J connectivity index is 3.06.